The van der Waals surface area contributed by atoms with E-state index in [4.69, 9.17) is 4.74 Å². The van der Waals surface area contributed by atoms with Gasteiger partial charge in [-0.2, -0.15) is 0 Å². The fraction of sp³-hybridized carbons (Fsp3) is 0.500. The third-order valence-electron chi connectivity index (χ3n) is 4.05. The Labute approximate surface area is 156 Å². The average molecular weight is 396 g/mol. The number of aliphatic carboxylic acids is 1. The topological polar surface area (TPSA) is 157 Å². The van der Waals surface area contributed by atoms with Crippen molar-refractivity contribution in [3.63, 3.8) is 0 Å². The minimum Gasteiger partial charge on any atom is -0.477 e. The summed E-state index contributed by atoms with van der Waals surface area (Å²) < 4.78 is 6.26. The van der Waals surface area contributed by atoms with E-state index in [1.54, 1.807) is 6.92 Å². The number of nitrogens with zero attached hydrogens (tertiary/aromatic N) is 5. The SMILES string of the molecule is CC(=O)OC(C)C1=C(C(=O)O)N2C(=O)[C@@H](NC(=O)Cn3cnnn3)[C@@H]2SC1. The molecule has 0 aromatic carbocycles. The summed E-state index contributed by atoms with van der Waals surface area (Å²) in [7, 11) is 0. The van der Waals surface area contributed by atoms with E-state index in [-0.39, 0.29) is 18.0 Å². The number of carboxylic acids is 1. The molecule has 0 radical (unpaired) electrons. The maximum Gasteiger partial charge on any atom is 0.352 e. The number of thioether (sulfide) groups is 1. The molecule has 0 spiro atoms. The number of rotatable bonds is 6. The van der Waals surface area contributed by atoms with E-state index in [1.807, 2.05) is 0 Å². The predicted molar refractivity (Wildman–Crippen MR) is 88.7 cm³/mol. The molecule has 1 aromatic rings. The maximum atomic E-state index is 12.5. The zero-order chi connectivity index (χ0) is 19.7. The molecule has 3 atom stereocenters. The molecule has 1 fully saturated rings. The molecule has 3 heterocycles. The highest BCUT2D eigenvalue weighted by molar-refractivity contribution is 8.00. The Hall–Kier alpha value is -2.96. The van der Waals surface area contributed by atoms with Crippen LogP contribution in [0.4, 0.5) is 0 Å². The van der Waals surface area contributed by atoms with E-state index in [0.717, 1.165) is 4.90 Å². The van der Waals surface area contributed by atoms with Gasteiger partial charge in [-0.3, -0.25) is 19.3 Å². The van der Waals surface area contributed by atoms with Crippen LogP contribution >= 0.6 is 11.8 Å². The van der Waals surface area contributed by atoms with E-state index in [2.05, 4.69) is 20.8 Å². The van der Waals surface area contributed by atoms with Crippen LogP contribution in [0.5, 0.6) is 0 Å². The Bertz CT molecular complexity index is 824. The zero-order valence-corrected chi connectivity index (χ0v) is 15.2. The minimum atomic E-state index is -1.29. The van der Waals surface area contributed by atoms with Gasteiger partial charge < -0.3 is 15.2 Å². The molecule has 2 aliphatic rings. The van der Waals surface area contributed by atoms with Gasteiger partial charge in [-0.05, 0) is 17.4 Å². The van der Waals surface area contributed by atoms with E-state index < -0.39 is 41.3 Å². The molecule has 1 aromatic heterocycles. The van der Waals surface area contributed by atoms with Crippen LogP contribution in [0.15, 0.2) is 17.6 Å². The molecule has 1 saturated heterocycles. The van der Waals surface area contributed by atoms with Crippen LogP contribution in [0, 0.1) is 0 Å². The van der Waals surface area contributed by atoms with Crippen molar-refractivity contribution < 1.29 is 29.0 Å². The number of tetrazole rings is 1. The lowest BCUT2D eigenvalue weighted by molar-refractivity contribution is -0.151. The molecule has 3 rings (SSSR count). The number of ether oxygens (including phenoxy) is 1. The number of hydrogen-bond acceptors (Lipinski definition) is 9. The first-order chi connectivity index (χ1) is 12.8. The van der Waals surface area contributed by atoms with Crippen molar-refractivity contribution in [2.24, 2.45) is 0 Å². The molecular formula is C14H16N6O6S. The molecule has 2 aliphatic heterocycles. The summed E-state index contributed by atoms with van der Waals surface area (Å²) in [5, 5.41) is 22.0. The van der Waals surface area contributed by atoms with Crippen LogP contribution in [-0.2, 0) is 30.5 Å². The molecule has 144 valence electrons. The first-order valence-corrected chi connectivity index (χ1v) is 8.92. The van der Waals surface area contributed by atoms with Gasteiger partial charge in [-0.1, -0.05) is 0 Å². The van der Waals surface area contributed by atoms with Gasteiger partial charge in [0.15, 0.2) is 0 Å². The third-order valence-corrected chi connectivity index (χ3v) is 5.35. The summed E-state index contributed by atoms with van der Waals surface area (Å²) in [5.41, 5.74) is 0.134. The Morgan fingerprint density at radius 2 is 2.22 bits per heavy atom. The van der Waals surface area contributed by atoms with E-state index in [1.165, 1.54) is 29.7 Å². The number of carboxylic acid groups (broad SMARTS) is 1. The third kappa shape index (κ3) is 3.63. The molecule has 0 bridgehead atoms. The standard InChI is InChI=1S/C14H16N6O6S/c1-6(26-7(2)21)8-4-27-13-10(12(23)20(13)11(8)14(24)25)16-9(22)3-19-5-15-17-18-19/h5-6,10,13H,3-4H2,1-2H3,(H,16,22)(H,24,25)/t6?,10-,13+/m1/s1. The van der Waals surface area contributed by atoms with Crippen molar-refractivity contribution in [3.05, 3.63) is 17.6 Å². The highest BCUT2D eigenvalue weighted by Crippen LogP contribution is 2.41. The van der Waals surface area contributed by atoms with Crippen molar-refractivity contribution in [1.82, 2.24) is 30.4 Å². The van der Waals surface area contributed by atoms with Gasteiger partial charge in [0.1, 0.15) is 36.1 Å². The molecule has 0 saturated carbocycles. The van der Waals surface area contributed by atoms with Crippen molar-refractivity contribution in [3.8, 4) is 0 Å². The number of β-lactam (4-membered cyclic amide) rings is 1. The fourth-order valence-corrected chi connectivity index (χ4v) is 4.35. The number of carbonyl (C=O) groups excluding carboxylic acids is 3. The van der Waals surface area contributed by atoms with Crippen LogP contribution in [0.1, 0.15) is 13.8 Å². The summed E-state index contributed by atoms with van der Waals surface area (Å²) in [4.78, 5) is 48.5. The molecule has 13 heteroatoms. The summed E-state index contributed by atoms with van der Waals surface area (Å²) in [6.45, 7) is 2.61. The first kappa shape index (κ1) is 18.8. The van der Waals surface area contributed by atoms with Crippen molar-refractivity contribution in [2.75, 3.05) is 5.75 Å². The second-order valence-corrected chi connectivity index (χ2v) is 7.00. The summed E-state index contributed by atoms with van der Waals surface area (Å²) in [6, 6.07) is -0.848. The molecular weight excluding hydrogens is 380 g/mol. The summed E-state index contributed by atoms with van der Waals surface area (Å²) >= 11 is 1.29. The van der Waals surface area contributed by atoms with Crippen molar-refractivity contribution in [1.29, 1.82) is 0 Å². The number of carbonyl (C=O) groups is 4. The Kier molecular flexibility index (Phi) is 5.12. The smallest absolute Gasteiger partial charge is 0.352 e. The highest BCUT2D eigenvalue weighted by atomic mass is 32.2. The van der Waals surface area contributed by atoms with Gasteiger partial charge in [0.2, 0.25) is 5.91 Å². The number of nitrogens with one attached hydrogen (secondary N) is 1. The summed E-state index contributed by atoms with van der Waals surface area (Å²) in [6.07, 6.45) is 0.487. The molecule has 12 nitrogen and oxygen atoms in total. The largest absolute Gasteiger partial charge is 0.477 e. The van der Waals surface area contributed by atoms with Crippen LogP contribution in [0.25, 0.3) is 0 Å². The molecule has 0 aliphatic carbocycles. The van der Waals surface area contributed by atoms with Gasteiger partial charge in [0.25, 0.3) is 5.91 Å². The molecule has 2 N–H and O–H groups in total. The Balaban J connectivity index is 1.74. The predicted octanol–water partition coefficient (Wildman–Crippen LogP) is -1.64. The second-order valence-electron chi connectivity index (χ2n) is 5.89. The van der Waals surface area contributed by atoms with E-state index in [0.29, 0.717) is 5.57 Å². The molecule has 27 heavy (non-hydrogen) atoms. The second kappa shape index (κ2) is 7.34. The fourth-order valence-electron chi connectivity index (χ4n) is 2.89. The molecule has 2 amide bonds. The average Bonchev–Trinajstić information content (AvgIpc) is 3.10. The van der Waals surface area contributed by atoms with Gasteiger partial charge in [-0.15, -0.1) is 16.9 Å². The lowest BCUT2D eigenvalue weighted by atomic mass is 10.0. The van der Waals surface area contributed by atoms with E-state index >= 15 is 0 Å². The van der Waals surface area contributed by atoms with Crippen molar-refractivity contribution in [2.45, 2.75) is 37.9 Å². The lowest BCUT2D eigenvalue weighted by Crippen LogP contribution is -2.71. The normalized spacial score (nSPS) is 22.6. The van der Waals surface area contributed by atoms with Gasteiger partial charge in [-0.25, -0.2) is 9.48 Å². The highest BCUT2D eigenvalue weighted by Gasteiger charge is 2.54. The monoisotopic (exact) mass is 396 g/mol. The molecule has 1 unspecified atom stereocenters. The lowest BCUT2D eigenvalue weighted by Gasteiger charge is -2.49. The van der Waals surface area contributed by atoms with Gasteiger partial charge >= 0.3 is 11.9 Å². The number of amides is 2. The minimum absolute atomic E-state index is 0.162. The summed E-state index contributed by atoms with van der Waals surface area (Å²) in [5.74, 6) is -2.59. The van der Waals surface area contributed by atoms with Crippen LogP contribution < -0.4 is 5.32 Å². The number of aromatic nitrogens is 4. The first-order valence-electron chi connectivity index (χ1n) is 7.88. The number of esters is 1. The quantitative estimate of drug-likeness (QED) is 0.422. The Morgan fingerprint density at radius 3 is 2.81 bits per heavy atom. The van der Waals surface area contributed by atoms with Crippen LogP contribution in [0.2, 0.25) is 0 Å². The zero-order valence-electron chi connectivity index (χ0n) is 14.4. The van der Waals surface area contributed by atoms with Crippen molar-refractivity contribution >= 4 is 35.5 Å². The number of hydrogen-bond donors (Lipinski definition) is 2. The maximum absolute atomic E-state index is 12.5. The number of fused-ring (bicyclic) bond motifs is 1. The van der Waals surface area contributed by atoms with Gasteiger partial charge in [0.05, 0.1) is 0 Å². The van der Waals surface area contributed by atoms with E-state index in [9.17, 15) is 24.3 Å². The van der Waals surface area contributed by atoms with Crippen LogP contribution in [-0.4, -0.2) is 77.2 Å². The van der Waals surface area contributed by atoms with Crippen LogP contribution in [0.3, 0.4) is 0 Å². The van der Waals surface area contributed by atoms with Gasteiger partial charge in [0, 0.05) is 18.2 Å². The Morgan fingerprint density at radius 1 is 1.48 bits per heavy atom.